The molecular weight excluding hydrogens is 354 g/mol. The Labute approximate surface area is 163 Å². The van der Waals surface area contributed by atoms with Crippen molar-refractivity contribution in [3.05, 3.63) is 0 Å². The van der Waals surface area contributed by atoms with Crippen molar-refractivity contribution in [3.8, 4) is 0 Å². The summed E-state index contributed by atoms with van der Waals surface area (Å²) in [4.78, 5) is 11.6. The minimum Gasteiger partial charge on any atom is -0.396 e. The second-order valence-corrected chi connectivity index (χ2v) is 6.12. The van der Waals surface area contributed by atoms with E-state index in [0.29, 0.717) is 65.8 Å². The van der Waals surface area contributed by atoms with Gasteiger partial charge in [-0.15, -0.1) is 0 Å². The molecule has 0 spiro atoms. The number of carbonyl (C=O) groups is 1. The Morgan fingerprint density at radius 3 is 1.63 bits per heavy atom. The molecule has 0 aliphatic heterocycles. The van der Waals surface area contributed by atoms with E-state index in [2.05, 4.69) is 5.32 Å². The fourth-order valence-corrected chi connectivity index (χ4v) is 2.28. The van der Waals surface area contributed by atoms with Crippen LogP contribution in [0.15, 0.2) is 0 Å². The van der Waals surface area contributed by atoms with Crippen LogP contribution >= 0.6 is 0 Å². The number of amides is 1. The second kappa shape index (κ2) is 23.3. The van der Waals surface area contributed by atoms with Gasteiger partial charge in [-0.05, 0) is 12.8 Å². The molecule has 0 aromatic heterocycles. The first kappa shape index (κ1) is 26.2. The van der Waals surface area contributed by atoms with E-state index in [0.717, 1.165) is 38.5 Å². The van der Waals surface area contributed by atoms with Crippen LogP contribution in [0.25, 0.3) is 0 Å². The maximum atomic E-state index is 11.6. The highest BCUT2D eigenvalue weighted by Gasteiger charge is 2.00. The monoisotopic (exact) mass is 393 g/mol. The van der Waals surface area contributed by atoms with Crippen molar-refractivity contribution in [2.24, 2.45) is 0 Å². The molecule has 3 N–H and O–H groups in total. The summed E-state index contributed by atoms with van der Waals surface area (Å²) in [5.41, 5.74) is 0. The van der Waals surface area contributed by atoms with E-state index >= 15 is 0 Å². The Hall–Kier alpha value is -0.770. The molecule has 8 nitrogen and oxygen atoms in total. The highest BCUT2D eigenvalue weighted by Crippen LogP contribution is 2.06. The summed E-state index contributed by atoms with van der Waals surface area (Å²) in [5.74, 6) is 0.0744. The Kier molecular flexibility index (Phi) is 22.6. The van der Waals surface area contributed by atoms with Crippen molar-refractivity contribution >= 4 is 5.91 Å². The van der Waals surface area contributed by atoms with Crippen LogP contribution in [0.5, 0.6) is 0 Å². The van der Waals surface area contributed by atoms with E-state index in [-0.39, 0.29) is 19.1 Å². The van der Waals surface area contributed by atoms with Crippen LogP contribution in [0.2, 0.25) is 0 Å². The van der Waals surface area contributed by atoms with Gasteiger partial charge in [0.1, 0.15) is 0 Å². The summed E-state index contributed by atoms with van der Waals surface area (Å²) < 4.78 is 21.1. The second-order valence-electron chi connectivity index (χ2n) is 6.12. The van der Waals surface area contributed by atoms with E-state index in [1.165, 1.54) is 0 Å². The van der Waals surface area contributed by atoms with Crippen molar-refractivity contribution in [1.29, 1.82) is 0 Å². The fraction of sp³-hybridized carbons (Fsp3) is 0.947. The lowest BCUT2D eigenvalue weighted by molar-refractivity contribution is -0.121. The quantitative estimate of drug-likeness (QED) is 0.235. The van der Waals surface area contributed by atoms with Crippen LogP contribution in [-0.4, -0.2) is 88.7 Å². The third-order valence-corrected chi connectivity index (χ3v) is 3.73. The molecule has 0 atom stereocenters. The van der Waals surface area contributed by atoms with Gasteiger partial charge in [-0.1, -0.05) is 25.7 Å². The van der Waals surface area contributed by atoms with Crippen LogP contribution in [0.1, 0.15) is 44.9 Å². The predicted molar refractivity (Wildman–Crippen MR) is 103 cm³/mol. The first-order valence-corrected chi connectivity index (χ1v) is 10.1. The summed E-state index contributed by atoms with van der Waals surface area (Å²) in [7, 11) is 0. The van der Waals surface area contributed by atoms with Crippen LogP contribution in [0.3, 0.4) is 0 Å². The van der Waals surface area contributed by atoms with Gasteiger partial charge in [0, 0.05) is 19.6 Å². The number of carbonyl (C=O) groups excluding carboxylic acids is 1. The smallest absolute Gasteiger partial charge is 0.220 e. The Morgan fingerprint density at radius 2 is 1.07 bits per heavy atom. The highest BCUT2D eigenvalue weighted by molar-refractivity contribution is 5.75. The lowest BCUT2D eigenvalue weighted by atomic mass is 10.1. The number of nitrogens with one attached hydrogen (secondary N) is 1. The molecule has 0 saturated carbocycles. The molecule has 0 bridgehead atoms. The van der Waals surface area contributed by atoms with E-state index in [1.54, 1.807) is 0 Å². The Bertz CT molecular complexity index is 306. The van der Waals surface area contributed by atoms with E-state index in [9.17, 15) is 4.79 Å². The Balaban J connectivity index is 3.11. The maximum absolute atomic E-state index is 11.6. The third kappa shape index (κ3) is 23.2. The van der Waals surface area contributed by atoms with E-state index in [1.807, 2.05) is 0 Å². The third-order valence-electron chi connectivity index (χ3n) is 3.73. The van der Waals surface area contributed by atoms with Crippen LogP contribution in [0, 0.1) is 0 Å². The normalized spacial score (nSPS) is 11.0. The van der Waals surface area contributed by atoms with Gasteiger partial charge < -0.3 is 34.5 Å². The molecule has 0 radical (unpaired) electrons. The van der Waals surface area contributed by atoms with Gasteiger partial charge in [-0.25, -0.2) is 0 Å². The molecule has 0 aromatic rings. The molecule has 0 fully saturated rings. The van der Waals surface area contributed by atoms with Gasteiger partial charge in [0.15, 0.2) is 0 Å². The number of hydrogen-bond donors (Lipinski definition) is 3. The highest BCUT2D eigenvalue weighted by atomic mass is 16.6. The zero-order valence-corrected chi connectivity index (χ0v) is 16.7. The summed E-state index contributed by atoms with van der Waals surface area (Å²) in [6.45, 7) is 4.58. The lowest BCUT2D eigenvalue weighted by Crippen LogP contribution is -2.27. The summed E-state index contributed by atoms with van der Waals surface area (Å²) >= 11 is 0. The maximum Gasteiger partial charge on any atom is 0.220 e. The Morgan fingerprint density at radius 1 is 0.593 bits per heavy atom. The topological polar surface area (TPSA) is 106 Å². The molecule has 162 valence electrons. The van der Waals surface area contributed by atoms with Gasteiger partial charge in [-0.3, -0.25) is 4.79 Å². The zero-order chi connectivity index (χ0) is 19.8. The standard InChI is InChI=1S/C19H39NO7/c21-9-6-4-2-1-3-5-7-19(23)20-8-11-24-13-15-26-17-18-27-16-14-25-12-10-22/h21-22H,1-18H2,(H,20,23). The first-order valence-electron chi connectivity index (χ1n) is 10.1. The fourth-order valence-electron chi connectivity index (χ4n) is 2.28. The summed E-state index contributed by atoms with van der Waals surface area (Å²) in [6, 6.07) is 0. The van der Waals surface area contributed by atoms with Crippen molar-refractivity contribution in [1.82, 2.24) is 5.32 Å². The van der Waals surface area contributed by atoms with Crippen molar-refractivity contribution in [2.75, 3.05) is 72.6 Å². The molecule has 27 heavy (non-hydrogen) atoms. The molecule has 0 aliphatic carbocycles. The first-order chi connectivity index (χ1) is 13.3. The molecule has 0 heterocycles. The molecule has 8 heteroatoms. The predicted octanol–water partition coefficient (Wildman–Crippen LogP) is 0.884. The van der Waals surface area contributed by atoms with Crippen molar-refractivity contribution < 1.29 is 34.0 Å². The summed E-state index contributed by atoms with van der Waals surface area (Å²) in [6.07, 6.45) is 6.73. The minimum absolute atomic E-state index is 0.0273. The molecule has 0 saturated heterocycles. The minimum atomic E-state index is 0.0273. The van der Waals surface area contributed by atoms with Crippen LogP contribution < -0.4 is 5.32 Å². The van der Waals surface area contributed by atoms with Gasteiger partial charge in [0.25, 0.3) is 0 Å². The van der Waals surface area contributed by atoms with Crippen molar-refractivity contribution in [2.45, 2.75) is 44.9 Å². The van der Waals surface area contributed by atoms with Crippen LogP contribution in [-0.2, 0) is 23.7 Å². The molecule has 0 aromatic carbocycles. The largest absolute Gasteiger partial charge is 0.396 e. The average molecular weight is 394 g/mol. The number of aliphatic hydroxyl groups is 2. The van der Waals surface area contributed by atoms with E-state index in [4.69, 9.17) is 29.2 Å². The molecule has 0 rings (SSSR count). The number of aliphatic hydroxyl groups excluding tert-OH is 2. The molecule has 0 aliphatic rings. The van der Waals surface area contributed by atoms with E-state index < -0.39 is 0 Å². The molecule has 0 unspecified atom stereocenters. The lowest BCUT2D eigenvalue weighted by Gasteiger charge is -2.08. The number of ether oxygens (including phenoxy) is 4. The average Bonchev–Trinajstić information content (AvgIpc) is 2.67. The zero-order valence-electron chi connectivity index (χ0n) is 16.7. The van der Waals surface area contributed by atoms with Gasteiger partial charge in [-0.2, -0.15) is 0 Å². The van der Waals surface area contributed by atoms with Gasteiger partial charge in [0.2, 0.25) is 5.91 Å². The summed E-state index contributed by atoms with van der Waals surface area (Å²) in [5, 5.41) is 20.1. The van der Waals surface area contributed by atoms with Crippen LogP contribution in [0.4, 0.5) is 0 Å². The SMILES string of the molecule is O=C(CCCCCCCCO)NCCOCCOCCOCCOCCO. The molecule has 1 amide bonds. The van der Waals surface area contributed by atoms with Gasteiger partial charge in [0.05, 0.1) is 59.5 Å². The van der Waals surface area contributed by atoms with Crippen molar-refractivity contribution in [3.63, 3.8) is 0 Å². The number of hydrogen-bond acceptors (Lipinski definition) is 7. The number of unbranched alkanes of at least 4 members (excludes halogenated alkanes) is 5. The molecular formula is C19H39NO7. The van der Waals surface area contributed by atoms with Gasteiger partial charge >= 0.3 is 0 Å². The number of rotatable bonds is 22.